The second-order valence-electron chi connectivity index (χ2n) is 4.97. The topological polar surface area (TPSA) is 33.1 Å². The van der Waals surface area contributed by atoms with Gasteiger partial charge in [0, 0.05) is 20.6 Å². The summed E-state index contributed by atoms with van der Waals surface area (Å²) in [5, 5.41) is 12.2. The highest BCUT2D eigenvalue weighted by molar-refractivity contribution is 9.10. The summed E-state index contributed by atoms with van der Waals surface area (Å²) in [6, 6.07) is 15.2. The summed E-state index contributed by atoms with van der Waals surface area (Å²) in [6.07, 6.45) is -0.706. The quantitative estimate of drug-likeness (QED) is 0.692. The van der Waals surface area contributed by atoms with Crippen LogP contribution in [0.5, 0.6) is 0 Å². The van der Waals surface area contributed by atoms with Crippen LogP contribution < -0.4 is 0 Å². The van der Waals surface area contributed by atoms with Crippen LogP contribution in [0.25, 0.3) is 10.9 Å². The Hall–Kier alpha value is -1.42. The SMILES string of the molecule is Cc1ccc2cc(C(O)c3ccc(Cl)cc3Br)ccc2n1. The van der Waals surface area contributed by atoms with Crippen LogP contribution in [0.1, 0.15) is 22.9 Å². The fourth-order valence-electron chi connectivity index (χ4n) is 2.32. The van der Waals surface area contributed by atoms with Crippen LogP contribution in [-0.2, 0) is 0 Å². The van der Waals surface area contributed by atoms with E-state index in [1.807, 2.05) is 43.3 Å². The third-order valence-corrected chi connectivity index (χ3v) is 4.35. The van der Waals surface area contributed by atoms with E-state index < -0.39 is 6.10 Å². The zero-order valence-electron chi connectivity index (χ0n) is 11.3. The second kappa shape index (κ2) is 5.76. The van der Waals surface area contributed by atoms with Crippen molar-refractivity contribution >= 4 is 38.4 Å². The lowest BCUT2D eigenvalue weighted by Crippen LogP contribution is -2.01. The van der Waals surface area contributed by atoms with E-state index in [9.17, 15) is 5.11 Å². The summed E-state index contributed by atoms with van der Waals surface area (Å²) in [7, 11) is 0. The van der Waals surface area contributed by atoms with E-state index in [1.54, 1.807) is 12.1 Å². The predicted octanol–water partition coefficient (Wildman–Crippen LogP) is 5.04. The molecule has 1 unspecified atom stereocenters. The Morgan fingerprint density at radius 3 is 2.67 bits per heavy atom. The molecule has 106 valence electrons. The van der Waals surface area contributed by atoms with Crippen molar-refractivity contribution in [3.05, 3.63) is 74.8 Å². The molecule has 3 aromatic rings. The highest BCUT2D eigenvalue weighted by Crippen LogP contribution is 2.31. The number of benzene rings is 2. The molecule has 21 heavy (non-hydrogen) atoms. The van der Waals surface area contributed by atoms with Gasteiger partial charge in [0.2, 0.25) is 0 Å². The van der Waals surface area contributed by atoms with E-state index in [0.29, 0.717) is 5.02 Å². The first kappa shape index (κ1) is 14.5. The number of aliphatic hydroxyl groups is 1. The molecule has 0 aliphatic heterocycles. The Labute approximate surface area is 136 Å². The first-order chi connectivity index (χ1) is 10.0. The molecule has 0 saturated carbocycles. The molecule has 1 aromatic heterocycles. The Morgan fingerprint density at radius 2 is 1.90 bits per heavy atom. The molecule has 0 aliphatic carbocycles. The average Bonchev–Trinajstić information content (AvgIpc) is 2.46. The molecule has 1 N–H and O–H groups in total. The lowest BCUT2D eigenvalue weighted by molar-refractivity contribution is 0.219. The number of halogens is 2. The van der Waals surface area contributed by atoms with Crippen LogP contribution in [0.3, 0.4) is 0 Å². The van der Waals surface area contributed by atoms with Gasteiger partial charge < -0.3 is 5.11 Å². The van der Waals surface area contributed by atoms with Crippen molar-refractivity contribution in [3.63, 3.8) is 0 Å². The number of hydrogen-bond acceptors (Lipinski definition) is 2. The van der Waals surface area contributed by atoms with Gasteiger partial charge in [-0.15, -0.1) is 0 Å². The summed E-state index contributed by atoms with van der Waals surface area (Å²) in [5.74, 6) is 0. The molecule has 4 heteroatoms. The molecule has 0 spiro atoms. The number of nitrogens with zero attached hydrogens (tertiary/aromatic N) is 1. The summed E-state index contributed by atoms with van der Waals surface area (Å²) in [4.78, 5) is 4.47. The number of rotatable bonds is 2. The van der Waals surface area contributed by atoms with E-state index in [4.69, 9.17) is 11.6 Å². The fraction of sp³-hybridized carbons (Fsp3) is 0.118. The molecule has 0 bridgehead atoms. The minimum Gasteiger partial charge on any atom is -0.384 e. The number of aromatic nitrogens is 1. The summed E-state index contributed by atoms with van der Waals surface area (Å²) >= 11 is 9.39. The van der Waals surface area contributed by atoms with Gasteiger partial charge in [0.15, 0.2) is 0 Å². The third-order valence-electron chi connectivity index (χ3n) is 3.43. The van der Waals surface area contributed by atoms with E-state index in [0.717, 1.165) is 32.2 Å². The minimum atomic E-state index is -0.706. The van der Waals surface area contributed by atoms with Crippen LogP contribution in [-0.4, -0.2) is 10.1 Å². The van der Waals surface area contributed by atoms with E-state index in [2.05, 4.69) is 20.9 Å². The molecule has 0 aliphatic rings. The Balaban J connectivity index is 2.04. The maximum Gasteiger partial charge on any atom is 0.105 e. The Kier molecular flexibility index (Phi) is 3.98. The molecule has 0 fully saturated rings. The number of hydrogen-bond donors (Lipinski definition) is 1. The number of pyridine rings is 1. The van der Waals surface area contributed by atoms with Gasteiger partial charge in [-0.2, -0.15) is 0 Å². The molecular weight excluding hydrogens is 350 g/mol. The largest absolute Gasteiger partial charge is 0.384 e. The van der Waals surface area contributed by atoms with Crippen molar-refractivity contribution < 1.29 is 5.11 Å². The first-order valence-electron chi connectivity index (χ1n) is 6.55. The molecule has 1 heterocycles. The van der Waals surface area contributed by atoms with Gasteiger partial charge in [-0.05, 0) is 48.4 Å². The van der Waals surface area contributed by atoms with Gasteiger partial charge in [0.1, 0.15) is 6.10 Å². The van der Waals surface area contributed by atoms with E-state index >= 15 is 0 Å². The summed E-state index contributed by atoms with van der Waals surface area (Å²) in [5.41, 5.74) is 3.53. The highest BCUT2D eigenvalue weighted by Gasteiger charge is 2.14. The van der Waals surface area contributed by atoms with Crippen LogP contribution in [0.15, 0.2) is 53.0 Å². The first-order valence-corrected chi connectivity index (χ1v) is 7.72. The highest BCUT2D eigenvalue weighted by atomic mass is 79.9. The summed E-state index contributed by atoms with van der Waals surface area (Å²) < 4.78 is 0.796. The second-order valence-corrected chi connectivity index (χ2v) is 6.26. The maximum absolute atomic E-state index is 10.6. The molecule has 2 nitrogen and oxygen atoms in total. The number of aryl methyl sites for hydroxylation is 1. The molecule has 0 saturated heterocycles. The van der Waals surface area contributed by atoms with Crippen LogP contribution in [0.2, 0.25) is 5.02 Å². The number of fused-ring (bicyclic) bond motifs is 1. The van der Waals surface area contributed by atoms with Gasteiger partial charge in [0.05, 0.1) is 5.52 Å². The molecule has 2 aromatic carbocycles. The molecular formula is C17H13BrClNO. The van der Waals surface area contributed by atoms with E-state index in [1.165, 1.54) is 0 Å². The van der Waals surface area contributed by atoms with Crippen molar-refractivity contribution in [2.45, 2.75) is 13.0 Å². The van der Waals surface area contributed by atoms with E-state index in [-0.39, 0.29) is 0 Å². The fourth-order valence-corrected chi connectivity index (χ4v) is 3.22. The molecule has 0 radical (unpaired) electrons. The van der Waals surface area contributed by atoms with Crippen molar-refractivity contribution in [3.8, 4) is 0 Å². The predicted molar refractivity (Wildman–Crippen MR) is 89.7 cm³/mol. The van der Waals surface area contributed by atoms with Gasteiger partial charge >= 0.3 is 0 Å². The molecule has 3 rings (SSSR count). The van der Waals surface area contributed by atoms with Gasteiger partial charge in [-0.25, -0.2) is 0 Å². The molecule has 0 amide bonds. The molecule has 1 atom stereocenters. The Morgan fingerprint density at radius 1 is 1.10 bits per heavy atom. The standard InChI is InChI=1S/C17H13BrClNO/c1-10-2-3-11-8-12(4-7-16(11)20-10)17(21)14-6-5-13(19)9-15(14)18/h2-9,17,21H,1H3. The van der Waals surface area contributed by atoms with Gasteiger partial charge in [0.25, 0.3) is 0 Å². The smallest absolute Gasteiger partial charge is 0.105 e. The monoisotopic (exact) mass is 361 g/mol. The van der Waals surface area contributed by atoms with Crippen molar-refractivity contribution in [2.24, 2.45) is 0 Å². The third kappa shape index (κ3) is 2.95. The lowest BCUT2D eigenvalue weighted by atomic mass is 10.00. The Bertz CT molecular complexity index is 819. The van der Waals surface area contributed by atoms with Gasteiger partial charge in [-0.3, -0.25) is 4.98 Å². The van der Waals surface area contributed by atoms with Crippen molar-refractivity contribution in [1.82, 2.24) is 4.98 Å². The zero-order valence-corrected chi connectivity index (χ0v) is 13.7. The van der Waals surface area contributed by atoms with Crippen molar-refractivity contribution in [2.75, 3.05) is 0 Å². The van der Waals surface area contributed by atoms with Crippen LogP contribution in [0, 0.1) is 6.92 Å². The zero-order chi connectivity index (χ0) is 15.0. The maximum atomic E-state index is 10.6. The minimum absolute atomic E-state index is 0.635. The van der Waals surface area contributed by atoms with Crippen molar-refractivity contribution in [1.29, 1.82) is 0 Å². The van der Waals surface area contributed by atoms with Crippen LogP contribution in [0.4, 0.5) is 0 Å². The lowest BCUT2D eigenvalue weighted by Gasteiger charge is -2.14. The van der Waals surface area contributed by atoms with Crippen LogP contribution >= 0.6 is 27.5 Å². The summed E-state index contributed by atoms with van der Waals surface area (Å²) in [6.45, 7) is 1.97. The van der Waals surface area contributed by atoms with Gasteiger partial charge in [-0.1, -0.05) is 45.7 Å². The normalized spacial score (nSPS) is 12.6. The average molecular weight is 363 g/mol. The number of aliphatic hydroxyl groups excluding tert-OH is 1.